The fourth-order valence-corrected chi connectivity index (χ4v) is 4.67. The molecule has 0 fully saturated rings. The molecule has 0 atom stereocenters. The van der Waals surface area contributed by atoms with E-state index in [-0.39, 0.29) is 21.1 Å². The molecule has 4 aromatic carbocycles. The van der Waals surface area contributed by atoms with Gasteiger partial charge in [0.25, 0.3) is 0 Å². The molecule has 0 amide bonds. The van der Waals surface area contributed by atoms with E-state index in [2.05, 4.69) is 45.1 Å². The monoisotopic (exact) mass is 650 g/mol. The minimum absolute atomic E-state index is 0. The summed E-state index contributed by atoms with van der Waals surface area (Å²) in [5.74, 6) is 1.20. The summed E-state index contributed by atoms with van der Waals surface area (Å²) in [5, 5.41) is 2.15. The topological polar surface area (TPSA) is 46.7 Å². The molecule has 7 rings (SSSR count). The van der Waals surface area contributed by atoms with E-state index < -0.39 is 0 Å². The maximum Gasteiger partial charge on any atom is 0.304 e. The molecular formula is C29H19N4O2Pt-3. The predicted molar refractivity (Wildman–Crippen MR) is 136 cm³/mol. The molecule has 0 saturated heterocycles. The summed E-state index contributed by atoms with van der Waals surface area (Å²) < 4.78 is 13.8. The van der Waals surface area contributed by atoms with Crippen molar-refractivity contribution < 1.29 is 30.2 Å². The Balaban J connectivity index is 0.00000240. The van der Waals surface area contributed by atoms with Gasteiger partial charge in [0.05, 0.1) is 6.20 Å². The van der Waals surface area contributed by atoms with Crippen molar-refractivity contribution in [2.24, 2.45) is 0 Å². The third-order valence-corrected chi connectivity index (χ3v) is 6.21. The summed E-state index contributed by atoms with van der Waals surface area (Å²) in [5.41, 5.74) is 4.98. The van der Waals surface area contributed by atoms with E-state index >= 15 is 0 Å². The van der Waals surface area contributed by atoms with Gasteiger partial charge >= 0.3 is 6.01 Å². The number of hydrogen-bond donors (Lipinski definition) is 0. The maximum absolute atomic E-state index is 6.24. The van der Waals surface area contributed by atoms with Gasteiger partial charge in [-0.1, -0.05) is 35.8 Å². The number of aromatic nitrogens is 2. The molecule has 0 aliphatic carbocycles. The number of benzene rings is 4. The molecule has 0 spiro atoms. The van der Waals surface area contributed by atoms with E-state index in [0.717, 1.165) is 38.9 Å². The normalized spacial score (nSPS) is 12.7. The minimum atomic E-state index is 0. The second-order valence-corrected chi connectivity index (χ2v) is 8.34. The Morgan fingerprint density at radius 3 is 2.50 bits per heavy atom. The molecule has 7 heteroatoms. The zero-order chi connectivity index (χ0) is 23.4. The van der Waals surface area contributed by atoms with Gasteiger partial charge in [-0.25, -0.2) is 4.98 Å². The number of anilines is 3. The van der Waals surface area contributed by atoms with Crippen molar-refractivity contribution in [2.75, 3.05) is 16.8 Å². The Labute approximate surface area is 222 Å². The largest absolute Gasteiger partial charge is 0.509 e. The van der Waals surface area contributed by atoms with Gasteiger partial charge in [-0.05, 0) is 30.6 Å². The van der Waals surface area contributed by atoms with Gasteiger partial charge in [-0.15, -0.1) is 41.4 Å². The fourth-order valence-electron chi connectivity index (χ4n) is 4.67. The summed E-state index contributed by atoms with van der Waals surface area (Å²) >= 11 is 0. The first-order valence-electron chi connectivity index (χ1n) is 11.3. The summed E-state index contributed by atoms with van der Waals surface area (Å²) in [7, 11) is 2.04. The van der Waals surface area contributed by atoms with Crippen LogP contribution in [0.1, 0.15) is 0 Å². The van der Waals surface area contributed by atoms with Crippen molar-refractivity contribution in [3.05, 3.63) is 110 Å². The molecule has 36 heavy (non-hydrogen) atoms. The zero-order valence-electron chi connectivity index (χ0n) is 19.2. The summed E-state index contributed by atoms with van der Waals surface area (Å²) in [4.78, 5) is 8.57. The van der Waals surface area contributed by atoms with Crippen molar-refractivity contribution in [2.45, 2.75) is 0 Å². The first kappa shape index (κ1) is 22.4. The number of rotatable bonds is 4. The second kappa shape index (κ2) is 8.88. The molecule has 6 nitrogen and oxygen atoms in total. The minimum Gasteiger partial charge on any atom is -0.509 e. The Hall–Kier alpha value is -4.02. The van der Waals surface area contributed by atoms with E-state index in [9.17, 15) is 0 Å². The molecule has 1 aliphatic heterocycles. The Kier molecular flexibility index (Phi) is 5.54. The van der Waals surface area contributed by atoms with Gasteiger partial charge in [0.1, 0.15) is 6.26 Å². The Bertz CT molecular complexity index is 1690. The van der Waals surface area contributed by atoms with Crippen molar-refractivity contribution >= 4 is 38.9 Å². The second-order valence-electron chi connectivity index (χ2n) is 8.34. The van der Waals surface area contributed by atoms with Crippen LogP contribution in [-0.2, 0) is 21.1 Å². The molecule has 2 aromatic heterocycles. The van der Waals surface area contributed by atoms with Crippen LogP contribution in [-0.4, -0.2) is 16.6 Å². The fraction of sp³-hybridized carbons (Fsp3) is 0.0345. The van der Waals surface area contributed by atoms with Crippen LogP contribution in [0.4, 0.5) is 17.1 Å². The average molecular weight is 651 g/mol. The van der Waals surface area contributed by atoms with Gasteiger partial charge in [-0.3, -0.25) is 4.57 Å². The average Bonchev–Trinajstić information content (AvgIpc) is 3.61. The molecule has 0 unspecified atom stereocenters. The van der Waals surface area contributed by atoms with Crippen LogP contribution in [0.25, 0.3) is 27.8 Å². The van der Waals surface area contributed by atoms with Crippen molar-refractivity contribution in [3.63, 3.8) is 0 Å². The van der Waals surface area contributed by atoms with E-state index in [1.165, 1.54) is 0 Å². The standard InChI is InChI=1S/C29H19N4O2.Pt/c1-31-19-32(27-12-5-4-11-26(27)31)20-7-6-8-21(17-20)35-22-13-14-24-23-9-2-3-10-25(23)33(28(24)18-22)29-30-15-16-34-29;/h2-16,19H,1H3;/q-3;. The molecule has 6 aromatic rings. The Morgan fingerprint density at radius 2 is 1.64 bits per heavy atom. The summed E-state index contributed by atoms with van der Waals surface area (Å²) in [6.45, 7) is 2.05. The van der Waals surface area contributed by atoms with Gasteiger partial charge in [-0.2, -0.15) is 18.8 Å². The van der Waals surface area contributed by atoms with Gasteiger partial charge in [0.2, 0.25) is 0 Å². The summed E-state index contributed by atoms with van der Waals surface area (Å²) in [6.07, 6.45) is 3.21. The van der Waals surface area contributed by atoms with Gasteiger partial charge in [0.15, 0.2) is 0 Å². The number of oxazole rings is 1. The van der Waals surface area contributed by atoms with E-state index in [0.29, 0.717) is 17.5 Å². The molecule has 0 saturated carbocycles. The maximum atomic E-state index is 6.24. The smallest absolute Gasteiger partial charge is 0.304 e. The number of para-hydroxylation sites is 3. The Morgan fingerprint density at radius 1 is 0.833 bits per heavy atom. The molecule has 0 radical (unpaired) electrons. The van der Waals surface area contributed by atoms with Crippen LogP contribution in [0.3, 0.4) is 0 Å². The van der Waals surface area contributed by atoms with Crippen LogP contribution in [0.15, 0.2) is 95.7 Å². The SMILES string of the molecule is CN1[CH-]N(c2[c-]c(Oc3[c-]c4c(cc3)c3ccccc3n4-c3ncco3)ccc2)c2ccccc21.[Pt]. The third kappa shape index (κ3) is 3.57. The third-order valence-electron chi connectivity index (χ3n) is 6.21. The van der Waals surface area contributed by atoms with Crippen LogP contribution >= 0.6 is 0 Å². The first-order valence-corrected chi connectivity index (χ1v) is 11.3. The molecule has 3 heterocycles. The van der Waals surface area contributed by atoms with Crippen molar-refractivity contribution in [1.82, 2.24) is 9.55 Å². The predicted octanol–water partition coefficient (Wildman–Crippen LogP) is 6.87. The van der Waals surface area contributed by atoms with E-state index in [1.54, 1.807) is 12.5 Å². The van der Waals surface area contributed by atoms with Crippen molar-refractivity contribution in [1.29, 1.82) is 0 Å². The molecule has 0 N–H and O–H groups in total. The van der Waals surface area contributed by atoms with Gasteiger partial charge in [0, 0.05) is 49.5 Å². The van der Waals surface area contributed by atoms with Crippen LogP contribution in [0.5, 0.6) is 11.5 Å². The number of ether oxygens (including phenoxy) is 1. The molecule has 180 valence electrons. The molecule has 0 bridgehead atoms. The van der Waals surface area contributed by atoms with Crippen molar-refractivity contribution in [3.8, 4) is 17.5 Å². The van der Waals surface area contributed by atoms with Crippen LogP contribution in [0, 0.1) is 18.8 Å². The number of nitrogens with zero attached hydrogens (tertiary/aromatic N) is 4. The quantitative estimate of drug-likeness (QED) is 0.195. The van der Waals surface area contributed by atoms with E-state index in [1.807, 2.05) is 78.9 Å². The zero-order valence-corrected chi connectivity index (χ0v) is 21.4. The summed E-state index contributed by atoms with van der Waals surface area (Å²) in [6, 6.07) is 33.6. The van der Waals surface area contributed by atoms with Gasteiger partial charge < -0.3 is 19.0 Å². The number of hydrogen-bond acceptors (Lipinski definition) is 5. The molecular weight excluding hydrogens is 631 g/mol. The van der Waals surface area contributed by atoms with E-state index in [4.69, 9.17) is 9.15 Å². The van der Waals surface area contributed by atoms with Crippen LogP contribution < -0.4 is 14.5 Å². The first-order chi connectivity index (χ1) is 17.3. The van der Waals surface area contributed by atoms with Crippen LogP contribution in [0.2, 0.25) is 0 Å². The molecule has 1 aliphatic rings. The number of fused-ring (bicyclic) bond motifs is 4.